The van der Waals surface area contributed by atoms with Crippen molar-refractivity contribution < 1.29 is 4.74 Å². The van der Waals surface area contributed by atoms with Crippen molar-refractivity contribution in [3.05, 3.63) is 11.8 Å². The summed E-state index contributed by atoms with van der Waals surface area (Å²) >= 11 is 0. The Hall–Kier alpha value is -0.970. The molecule has 0 bridgehead atoms. The molecule has 0 saturated heterocycles. The van der Waals surface area contributed by atoms with Crippen LogP contribution in [-0.2, 0) is 4.74 Å². The van der Waals surface area contributed by atoms with Crippen LogP contribution in [0.2, 0.25) is 0 Å². The zero-order valence-electron chi connectivity index (χ0n) is 7.55. The molecule has 1 aliphatic carbocycles. The molecule has 0 saturated carbocycles. The maximum absolute atomic E-state index is 8.45. The van der Waals surface area contributed by atoms with Gasteiger partial charge in [0, 0.05) is 12.3 Å². The van der Waals surface area contributed by atoms with Gasteiger partial charge in [0.2, 0.25) is 0 Å². The molecule has 0 amide bonds. The third-order valence-electron chi connectivity index (χ3n) is 2.34. The molecule has 0 aromatic carbocycles. The van der Waals surface area contributed by atoms with Gasteiger partial charge in [-0.1, -0.05) is 0 Å². The Morgan fingerprint density at radius 1 is 1.75 bits per heavy atom. The molecule has 2 nitrogen and oxygen atoms in total. The number of ether oxygens (including phenoxy) is 1. The highest BCUT2D eigenvalue weighted by atomic mass is 16.5. The quantitative estimate of drug-likeness (QED) is 0.644. The van der Waals surface area contributed by atoms with E-state index in [0.717, 1.165) is 18.6 Å². The van der Waals surface area contributed by atoms with Crippen LogP contribution in [0.5, 0.6) is 0 Å². The molecule has 12 heavy (non-hydrogen) atoms. The highest BCUT2D eigenvalue weighted by Crippen LogP contribution is 2.28. The number of rotatable bonds is 3. The number of methoxy groups -OCH3 is 1. The minimum atomic E-state index is 0.503. The van der Waals surface area contributed by atoms with Gasteiger partial charge in [-0.15, -0.1) is 0 Å². The summed E-state index contributed by atoms with van der Waals surface area (Å²) < 4.78 is 5.25. The number of hydrogen-bond acceptors (Lipinski definition) is 2. The van der Waals surface area contributed by atoms with Crippen LogP contribution in [0, 0.1) is 17.2 Å². The molecule has 1 unspecified atom stereocenters. The van der Waals surface area contributed by atoms with E-state index in [-0.39, 0.29) is 0 Å². The van der Waals surface area contributed by atoms with Gasteiger partial charge in [-0.25, -0.2) is 0 Å². The fraction of sp³-hybridized carbons (Fsp3) is 0.700. The summed E-state index contributed by atoms with van der Waals surface area (Å²) in [5.41, 5.74) is 0. The molecule has 0 radical (unpaired) electrons. The number of nitrogens with zero attached hydrogens (tertiary/aromatic N) is 1. The lowest BCUT2D eigenvalue weighted by atomic mass is 9.90. The lowest BCUT2D eigenvalue weighted by Gasteiger charge is -2.21. The van der Waals surface area contributed by atoms with E-state index in [1.165, 1.54) is 12.8 Å². The third kappa shape index (κ3) is 2.27. The largest absolute Gasteiger partial charge is 0.501 e. The highest BCUT2D eigenvalue weighted by molar-refractivity contribution is 5.02. The minimum absolute atomic E-state index is 0.503. The zero-order valence-corrected chi connectivity index (χ0v) is 7.55. The van der Waals surface area contributed by atoms with Gasteiger partial charge in [0.25, 0.3) is 0 Å². The standard InChI is InChI=1S/C10H15NO/c1-12-10-7-3-2-5-9(10)6-4-8-11/h7,9H,2-6H2,1H3. The van der Waals surface area contributed by atoms with E-state index in [1.54, 1.807) is 7.11 Å². The Morgan fingerprint density at radius 2 is 2.58 bits per heavy atom. The van der Waals surface area contributed by atoms with Crippen LogP contribution in [0.25, 0.3) is 0 Å². The van der Waals surface area contributed by atoms with Crippen LogP contribution in [0.15, 0.2) is 11.8 Å². The molecule has 1 aliphatic rings. The molecule has 0 aromatic heterocycles. The second kappa shape index (κ2) is 4.82. The van der Waals surface area contributed by atoms with Gasteiger partial charge in [-0.05, 0) is 31.8 Å². The molecular weight excluding hydrogens is 150 g/mol. The van der Waals surface area contributed by atoms with Crippen molar-refractivity contribution in [2.45, 2.75) is 32.1 Å². The van der Waals surface area contributed by atoms with Gasteiger partial charge in [-0.3, -0.25) is 0 Å². The smallest absolute Gasteiger partial charge is 0.0946 e. The first-order valence-electron chi connectivity index (χ1n) is 4.49. The molecular formula is C10H15NO. The van der Waals surface area contributed by atoms with E-state index in [1.807, 2.05) is 0 Å². The summed E-state index contributed by atoms with van der Waals surface area (Å²) in [6, 6.07) is 2.18. The Labute approximate surface area is 73.8 Å². The molecule has 0 N–H and O–H groups in total. The molecule has 1 rings (SSSR count). The maximum atomic E-state index is 8.45. The van der Waals surface area contributed by atoms with Crippen LogP contribution in [0.1, 0.15) is 32.1 Å². The average molecular weight is 165 g/mol. The minimum Gasteiger partial charge on any atom is -0.501 e. The van der Waals surface area contributed by atoms with Crippen molar-refractivity contribution in [3.63, 3.8) is 0 Å². The van der Waals surface area contributed by atoms with Gasteiger partial charge in [-0.2, -0.15) is 5.26 Å². The first-order valence-corrected chi connectivity index (χ1v) is 4.49. The van der Waals surface area contributed by atoms with Crippen LogP contribution < -0.4 is 0 Å². The Morgan fingerprint density at radius 3 is 3.25 bits per heavy atom. The highest BCUT2D eigenvalue weighted by Gasteiger charge is 2.17. The van der Waals surface area contributed by atoms with Gasteiger partial charge >= 0.3 is 0 Å². The van der Waals surface area contributed by atoms with Crippen molar-refractivity contribution in [2.24, 2.45) is 5.92 Å². The second-order valence-corrected chi connectivity index (χ2v) is 3.14. The van der Waals surface area contributed by atoms with E-state index in [2.05, 4.69) is 12.1 Å². The summed E-state index contributed by atoms with van der Waals surface area (Å²) in [4.78, 5) is 0. The fourth-order valence-electron chi connectivity index (χ4n) is 1.69. The van der Waals surface area contributed by atoms with E-state index in [4.69, 9.17) is 10.00 Å². The van der Waals surface area contributed by atoms with E-state index in [9.17, 15) is 0 Å². The van der Waals surface area contributed by atoms with Gasteiger partial charge < -0.3 is 4.74 Å². The molecule has 0 heterocycles. The monoisotopic (exact) mass is 165 g/mol. The Bertz CT molecular complexity index is 202. The maximum Gasteiger partial charge on any atom is 0.0946 e. The number of allylic oxidation sites excluding steroid dienone is 2. The van der Waals surface area contributed by atoms with Crippen LogP contribution in [0.4, 0.5) is 0 Å². The summed E-state index contributed by atoms with van der Waals surface area (Å²) in [5.74, 6) is 1.60. The molecule has 0 fully saturated rings. The summed E-state index contributed by atoms with van der Waals surface area (Å²) in [7, 11) is 1.72. The van der Waals surface area contributed by atoms with Crippen LogP contribution in [0.3, 0.4) is 0 Å². The zero-order chi connectivity index (χ0) is 8.81. The number of nitriles is 1. The van der Waals surface area contributed by atoms with Gasteiger partial charge in [0.15, 0.2) is 0 Å². The van der Waals surface area contributed by atoms with Crippen molar-refractivity contribution >= 4 is 0 Å². The van der Waals surface area contributed by atoms with Crippen LogP contribution >= 0.6 is 0 Å². The topological polar surface area (TPSA) is 33.0 Å². The second-order valence-electron chi connectivity index (χ2n) is 3.14. The molecule has 1 atom stereocenters. The Kier molecular flexibility index (Phi) is 3.66. The van der Waals surface area contributed by atoms with Crippen molar-refractivity contribution in [2.75, 3.05) is 7.11 Å². The molecule has 0 aliphatic heterocycles. The summed E-state index contributed by atoms with van der Waals surface area (Å²) in [5, 5.41) is 8.45. The lowest BCUT2D eigenvalue weighted by molar-refractivity contribution is 0.218. The molecule has 66 valence electrons. The molecule has 2 heteroatoms. The first-order chi connectivity index (χ1) is 5.88. The summed E-state index contributed by atoms with van der Waals surface area (Å²) in [6.45, 7) is 0. The van der Waals surface area contributed by atoms with Crippen molar-refractivity contribution in [1.82, 2.24) is 0 Å². The van der Waals surface area contributed by atoms with Gasteiger partial charge in [0.05, 0.1) is 18.9 Å². The van der Waals surface area contributed by atoms with E-state index < -0.39 is 0 Å². The van der Waals surface area contributed by atoms with E-state index in [0.29, 0.717) is 12.3 Å². The predicted octanol–water partition coefficient (Wildman–Crippen LogP) is 2.62. The average Bonchev–Trinajstić information content (AvgIpc) is 2.15. The lowest BCUT2D eigenvalue weighted by Crippen LogP contribution is -2.09. The van der Waals surface area contributed by atoms with Crippen molar-refractivity contribution in [1.29, 1.82) is 5.26 Å². The SMILES string of the molecule is COC1=CCCCC1CCC#N. The predicted molar refractivity (Wildman–Crippen MR) is 47.3 cm³/mol. The fourth-order valence-corrected chi connectivity index (χ4v) is 1.69. The number of hydrogen-bond donors (Lipinski definition) is 0. The third-order valence-corrected chi connectivity index (χ3v) is 2.34. The first kappa shape index (κ1) is 9.12. The summed E-state index contributed by atoms with van der Waals surface area (Å²) in [6.07, 6.45) is 7.31. The molecule has 0 spiro atoms. The van der Waals surface area contributed by atoms with Crippen molar-refractivity contribution in [3.8, 4) is 6.07 Å². The van der Waals surface area contributed by atoms with E-state index >= 15 is 0 Å². The van der Waals surface area contributed by atoms with Crippen LogP contribution in [-0.4, -0.2) is 7.11 Å². The normalized spacial score (nSPS) is 22.7. The molecule has 0 aromatic rings. The van der Waals surface area contributed by atoms with Gasteiger partial charge in [0.1, 0.15) is 0 Å². The Balaban J connectivity index is 2.45.